The van der Waals surface area contributed by atoms with Gasteiger partial charge in [0.1, 0.15) is 0 Å². The van der Waals surface area contributed by atoms with Crippen LogP contribution < -0.4 is 10.6 Å². The highest BCUT2D eigenvalue weighted by atomic mass is 32.1. The van der Waals surface area contributed by atoms with Crippen molar-refractivity contribution in [2.24, 2.45) is 5.92 Å². The third kappa shape index (κ3) is 5.27. The van der Waals surface area contributed by atoms with E-state index in [4.69, 9.17) is 0 Å². The predicted octanol–water partition coefficient (Wildman–Crippen LogP) is 4.91. The lowest BCUT2D eigenvalue weighted by atomic mass is 10.0. The molecule has 0 aliphatic carbocycles. The number of nitrogens with zero attached hydrogens (tertiary/aromatic N) is 1. The van der Waals surface area contributed by atoms with Crippen molar-refractivity contribution in [1.82, 2.24) is 10.3 Å². The Morgan fingerprint density at radius 3 is 2.54 bits per heavy atom. The van der Waals surface area contributed by atoms with E-state index in [1.165, 1.54) is 6.20 Å². The molecule has 2 N–H and O–H groups in total. The number of rotatable bonds is 7. The zero-order valence-electron chi connectivity index (χ0n) is 15.9. The Morgan fingerprint density at radius 1 is 1.04 bits per heavy atom. The summed E-state index contributed by atoms with van der Waals surface area (Å²) in [5.41, 5.74) is 1.54. The average molecular weight is 394 g/mol. The van der Waals surface area contributed by atoms with Crippen molar-refractivity contribution in [3.05, 3.63) is 82.3 Å². The van der Waals surface area contributed by atoms with Crippen LogP contribution >= 0.6 is 11.3 Å². The van der Waals surface area contributed by atoms with Gasteiger partial charge in [-0.1, -0.05) is 26.0 Å². The maximum atomic E-state index is 12.8. The van der Waals surface area contributed by atoms with Crippen molar-refractivity contribution < 1.29 is 9.59 Å². The van der Waals surface area contributed by atoms with Gasteiger partial charge in [0.15, 0.2) is 0 Å². The van der Waals surface area contributed by atoms with Crippen LogP contribution in [0.5, 0.6) is 0 Å². The molecule has 2 aromatic heterocycles. The van der Waals surface area contributed by atoms with Crippen LogP contribution in [-0.2, 0) is 0 Å². The van der Waals surface area contributed by atoms with Gasteiger partial charge in [-0.05, 0) is 54.1 Å². The molecular formula is C22H23N3O2S. The molecule has 1 atom stereocenters. The molecule has 2 amide bonds. The van der Waals surface area contributed by atoms with E-state index in [2.05, 4.69) is 29.5 Å². The van der Waals surface area contributed by atoms with E-state index in [-0.39, 0.29) is 17.9 Å². The van der Waals surface area contributed by atoms with Gasteiger partial charge in [0.25, 0.3) is 11.8 Å². The van der Waals surface area contributed by atoms with Gasteiger partial charge in [0.05, 0.1) is 11.6 Å². The van der Waals surface area contributed by atoms with Gasteiger partial charge >= 0.3 is 0 Å². The number of carbonyl (C=O) groups is 2. The number of benzene rings is 1. The van der Waals surface area contributed by atoms with E-state index in [1.807, 2.05) is 17.5 Å². The molecule has 0 aliphatic heterocycles. The smallest absolute Gasteiger partial charge is 0.257 e. The Kier molecular flexibility index (Phi) is 6.55. The molecule has 1 aromatic carbocycles. The molecule has 0 aliphatic rings. The van der Waals surface area contributed by atoms with Crippen molar-refractivity contribution in [1.29, 1.82) is 0 Å². The van der Waals surface area contributed by atoms with Gasteiger partial charge < -0.3 is 10.6 Å². The van der Waals surface area contributed by atoms with Crippen LogP contribution in [0.25, 0.3) is 0 Å². The van der Waals surface area contributed by atoms with Crippen LogP contribution in [0, 0.1) is 5.92 Å². The first kappa shape index (κ1) is 19.8. The number of hydrogen-bond acceptors (Lipinski definition) is 4. The minimum atomic E-state index is -0.262. The lowest BCUT2D eigenvalue weighted by Crippen LogP contribution is -2.29. The maximum absolute atomic E-state index is 12.8. The average Bonchev–Trinajstić information content (AvgIpc) is 3.23. The number of hydrogen-bond donors (Lipinski definition) is 2. The first-order chi connectivity index (χ1) is 13.5. The molecule has 0 fully saturated rings. The summed E-state index contributed by atoms with van der Waals surface area (Å²) < 4.78 is 0. The third-order valence-corrected chi connectivity index (χ3v) is 5.19. The molecule has 0 saturated heterocycles. The largest absolute Gasteiger partial charge is 0.344 e. The van der Waals surface area contributed by atoms with Gasteiger partial charge in [-0.15, -0.1) is 11.3 Å². The minimum Gasteiger partial charge on any atom is -0.344 e. The summed E-state index contributed by atoms with van der Waals surface area (Å²) >= 11 is 1.64. The summed E-state index contributed by atoms with van der Waals surface area (Å²) in [5.74, 6) is 0.0379. The van der Waals surface area contributed by atoms with Crippen LogP contribution in [-0.4, -0.2) is 16.8 Å². The Morgan fingerprint density at radius 2 is 1.86 bits per heavy atom. The molecule has 0 spiro atoms. The summed E-state index contributed by atoms with van der Waals surface area (Å²) in [6.45, 7) is 4.28. The Labute approximate surface area is 168 Å². The van der Waals surface area contributed by atoms with Crippen molar-refractivity contribution in [3.63, 3.8) is 0 Å². The molecule has 6 heteroatoms. The third-order valence-electron chi connectivity index (χ3n) is 4.21. The topological polar surface area (TPSA) is 71.1 Å². The summed E-state index contributed by atoms with van der Waals surface area (Å²) in [5, 5.41) is 7.96. The molecule has 0 saturated carbocycles. The lowest BCUT2D eigenvalue weighted by Gasteiger charge is -2.20. The second-order valence-electron chi connectivity index (χ2n) is 6.95. The van der Waals surface area contributed by atoms with E-state index < -0.39 is 0 Å². The van der Waals surface area contributed by atoms with Gasteiger partial charge in [0, 0.05) is 28.5 Å². The van der Waals surface area contributed by atoms with E-state index in [0.29, 0.717) is 22.7 Å². The fraction of sp³-hybridized carbons (Fsp3) is 0.227. The Bertz CT molecular complexity index is 924. The molecule has 28 heavy (non-hydrogen) atoms. The van der Waals surface area contributed by atoms with Crippen molar-refractivity contribution >= 4 is 28.8 Å². The van der Waals surface area contributed by atoms with Crippen LogP contribution in [0.15, 0.2) is 66.3 Å². The number of pyridine rings is 1. The summed E-state index contributed by atoms with van der Waals surface area (Å²) in [6.07, 6.45) is 3.98. The van der Waals surface area contributed by atoms with Crippen LogP contribution in [0.1, 0.15) is 51.9 Å². The van der Waals surface area contributed by atoms with Crippen LogP contribution in [0.3, 0.4) is 0 Å². The molecule has 1 unspecified atom stereocenters. The highest BCUT2D eigenvalue weighted by Gasteiger charge is 2.18. The standard InChI is InChI=1S/C22H23N3O2S/c1-15(2)12-19(20-9-5-11-28-20)25-21(26)16-6-3-8-18(13-16)24-22(27)17-7-4-10-23-14-17/h3-11,13-15,19H,12H2,1-2H3,(H,24,27)(H,25,26). The highest BCUT2D eigenvalue weighted by molar-refractivity contribution is 7.10. The normalized spacial score (nSPS) is 11.8. The van der Waals surface area contributed by atoms with Crippen LogP contribution in [0.4, 0.5) is 5.69 Å². The van der Waals surface area contributed by atoms with E-state index in [1.54, 1.807) is 53.9 Å². The molecule has 5 nitrogen and oxygen atoms in total. The first-order valence-electron chi connectivity index (χ1n) is 9.18. The number of aromatic nitrogens is 1. The fourth-order valence-corrected chi connectivity index (χ4v) is 3.68. The van der Waals surface area contributed by atoms with E-state index in [9.17, 15) is 9.59 Å². The molecular weight excluding hydrogens is 370 g/mol. The minimum absolute atomic E-state index is 0.0267. The lowest BCUT2D eigenvalue weighted by molar-refractivity contribution is 0.0931. The second kappa shape index (κ2) is 9.28. The number of amides is 2. The van der Waals surface area contributed by atoms with Gasteiger partial charge in [0.2, 0.25) is 0 Å². The second-order valence-corrected chi connectivity index (χ2v) is 7.93. The van der Waals surface area contributed by atoms with Gasteiger partial charge in [-0.3, -0.25) is 14.6 Å². The molecule has 0 radical (unpaired) electrons. The number of thiophene rings is 1. The molecule has 3 aromatic rings. The van der Waals surface area contributed by atoms with Gasteiger partial charge in [-0.2, -0.15) is 0 Å². The van der Waals surface area contributed by atoms with Crippen molar-refractivity contribution in [2.75, 3.05) is 5.32 Å². The zero-order valence-corrected chi connectivity index (χ0v) is 16.7. The monoisotopic (exact) mass is 393 g/mol. The van der Waals surface area contributed by atoms with E-state index in [0.717, 1.165) is 11.3 Å². The van der Waals surface area contributed by atoms with Crippen molar-refractivity contribution in [3.8, 4) is 0 Å². The fourth-order valence-electron chi connectivity index (χ4n) is 2.89. The van der Waals surface area contributed by atoms with Crippen LogP contribution in [0.2, 0.25) is 0 Å². The SMILES string of the molecule is CC(C)CC(NC(=O)c1cccc(NC(=O)c2cccnc2)c1)c1cccs1. The number of carbonyl (C=O) groups excluding carboxylic acids is 2. The number of anilines is 1. The summed E-state index contributed by atoms with van der Waals surface area (Å²) in [7, 11) is 0. The maximum Gasteiger partial charge on any atom is 0.257 e. The summed E-state index contributed by atoms with van der Waals surface area (Å²) in [4.78, 5) is 30.2. The van der Waals surface area contributed by atoms with Gasteiger partial charge in [-0.25, -0.2) is 0 Å². The number of nitrogens with one attached hydrogen (secondary N) is 2. The Balaban J connectivity index is 1.71. The zero-order chi connectivity index (χ0) is 19.9. The summed E-state index contributed by atoms with van der Waals surface area (Å²) in [6, 6.07) is 14.4. The van der Waals surface area contributed by atoms with E-state index >= 15 is 0 Å². The molecule has 3 rings (SSSR count). The van der Waals surface area contributed by atoms with Crippen molar-refractivity contribution in [2.45, 2.75) is 26.3 Å². The highest BCUT2D eigenvalue weighted by Crippen LogP contribution is 2.26. The predicted molar refractivity (Wildman–Crippen MR) is 113 cm³/mol. The molecule has 2 heterocycles. The first-order valence-corrected chi connectivity index (χ1v) is 10.1. The quantitative estimate of drug-likeness (QED) is 0.599. The molecule has 144 valence electrons. The Hall–Kier alpha value is -2.99. The molecule has 0 bridgehead atoms.